The van der Waals surface area contributed by atoms with E-state index in [1.807, 2.05) is 48.5 Å². The number of aryl methyl sites for hydroxylation is 1. The van der Waals surface area contributed by atoms with E-state index in [2.05, 4.69) is 16.7 Å². The number of hydrogen-bond acceptors (Lipinski definition) is 2. The molecule has 1 aromatic heterocycles. The fraction of sp³-hybridized carbons (Fsp3) is 0.176. The predicted octanol–water partition coefficient (Wildman–Crippen LogP) is 3.35. The van der Waals surface area contributed by atoms with E-state index in [0.29, 0.717) is 6.54 Å². The monoisotopic (exact) mass is 299 g/mol. The highest BCUT2D eigenvalue weighted by molar-refractivity contribution is 7.90. The molecule has 3 rings (SSSR count). The Bertz CT molecular complexity index is 864. The van der Waals surface area contributed by atoms with E-state index in [1.54, 1.807) is 0 Å². The van der Waals surface area contributed by atoms with Crippen LogP contribution in [0, 0.1) is 0 Å². The molecule has 0 aliphatic heterocycles. The molecule has 108 valence electrons. The maximum atomic E-state index is 11.5. The van der Waals surface area contributed by atoms with Gasteiger partial charge in [-0.2, -0.15) is 0 Å². The number of rotatable bonds is 4. The molecule has 2 aromatic carbocycles. The molecule has 0 bridgehead atoms. The molecule has 0 spiro atoms. The Morgan fingerprint density at radius 2 is 1.62 bits per heavy atom. The summed E-state index contributed by atoms with van der Waals surface area (Å²) in [6.45, 7) is 0.469. The maximum absolute atomic E-state index is 11.5. The summed E-state index contributed by atoms with van der Waals surface area (Å²) >= 11 is 0. The van der Waals surface area contributed by atoms with Crippen molar-refractivity contribution in [1.29, 1.82) is 0 Å². The third kappa shape index (κ3) is 3.00. The molecule has 0 fully saturated rings. The van der Waals surface area contributed by atoms with Gasteiger partial charge >= 0.3 is 0 Å². The van der Waals surface area contributed by atoms with Gasteiger partial charge in [0.2, 0.25) is 0 Å². The molecule has 21 heavy (non-hydrogen) atoms. The molecule has 0 saturated carbocycles. The molecular weight excluding hydrogens is 282 g/mol. The summed E-state index contributed by atoms with van der Waals surface area (Å²) in [5.41, 5.74) is 3.22. The minimum Gasteiger partial charge on any atom is -0.339 e. The second-order valence-corrected chi connectivity index (χ2v) is 7.50. The van der Waals surface area contributed by atoms with E-state index >= 15 is 0 Å². The van der Waals surface area contributed by atoms with Crippen molar-refractivity contribution in [3.05, 3.63) is 60.7 Å². The number of fused-ring (bicyclic) bond motifs is 1. The lowest BCUT2D eigenvalue weighted by atomic mass is 10.1. The third-order valence-electron chi connectivity index (χ3n) is 3.57. The number of aromatic nitrogens is 1. The molecule has 4 heteroatoms. The van der Waals surface area contributed by atoms with Gasteiger partial charge in [0.25, 0.3) is 0 Å². The highest BCUT2D eigenvalue weighted by Crippen LogP contribution is 2.28. The summed E-state index contributed by atoms with van der Waals surface area (Å²) in [5, 5.41) is 1.13. The van der Waals surface area contributed by atoms with Gasteiger partial charge in [-0.1, -0.05) is 48.5 Å². The van der Waals surface area contributed by atoms with E-state index < -0.39 is 9.84 Å². The first-order valence-electron chi connectivity index (χ1n) is 6.86. The van der Waals surface area contributed by atoms with Gasteiger partial charge in [0.15, 0.2) is 0 Å². The smallest absolute Gasteiger partial charge is 0.149 e. The summed E-state index contributed by atoms with van der Waals surface area (Å²) in [6, 6.07) is 20.2. The summed E-state index contributed by atoms with van der Waals surface area (Å²) in [6.07, 6.45) is 1.28. The Kier molecular flexibility index (Phi) is 3.55. The lowest BCUT2D eigenvalue weighted by molar-refractivity contribution is 0.596. The van der Waals surface area contributed by atoms with Crippen molar-refractivity contribution in [2.75, 3.05) is 12.0 Å². The van der Waals surface area contributed by atoms with Gasteiger partial charge in [-0.05, 0) is 17.7 Å². The molecule has 0 aliphatic rings. The lowest BCUT2D eigenvalue weighted by Gasteiger charge is -2.10. The van der Waals surface area contributed by atoms with Crippen LogP contribution in [0.4, 0.5) is 0 Å². The zero-order valence-corrected chi connectivity index (χ0v) is 12.7. The number of hydrogen-bond donors (Lipinski definition) is 0. The second-order valence-electron chi connectivity index (χ2n) is 5.24. The first kappa shape index (κ1) is 13.9. The van der Waals surface area contributed by atoms with Crippen LogP contribution in [0.3, 0.4) is 0 Å². The molecular formula is C17H17NO2S. The van der Waals surface area contributed by atoms with Crippen LogP contribution < -0.4 is 0 Å². The number of benzene rings is 2. The minimum atomic E-state index is -2.99. The normalized spacial score (nSPS) is 11.9. The van der Waals surface area contributed by atoms with Crippen LogP contribution in [-0.4, -0.2) is 25.0 Å². The van der Waals surface area contributed by atoms with Crippen molar-refractivity contribution in [2.45, 2.75) is 6.54 Å². The standard InChI is InChI=1S/C17H17NO2S/c1-21(19,20)12-11-18-16-10-6-5-9-15(16)13-17(18)14-7-3-2-4-8-14/h2-10,13H,11-12H2,1H3. The molecule has 0 unspecified atom stereocenters. The van der Waals surface area contributed by atoms with Gasteiger partial charge in [-0.25, -0.2) is 8.42 Å². The summed E-state index contributed by atoms with van der Waals surface area (Å²) in [5.74, 6) is 0.144. The quantitative estimate of drug-likeness (QED) is 0.741. The van der Waals surface area contributed by atoms with Crippen molar-refractivity contribution >= 4 is 20.7 Å². The van der Waals surface area contributed by atoms with E-state index in [9.17, 15) is 8.42 Å². The van der Waals surface area contributed by atoms with Gasteiger partial charge < -0.3 is 4.57 Å². The molecule has 0 N–H and O–H groups in total. The van der Waals surface area contributed by atoms with E-state index in [-0.39, 0.29) is 5.75 Å². The van der Waals surface area contributed by atoms with Crippen LogP contribution in [0.25, 0.3) is 22.2 Å². The van der Waals surface area contributed by atoms with Crippen molar-refractivity contribution in [3.63, 3.8) is 0 Å². The van der Waals surface area contributed by atoms with E-state index in [1.165, 1.54) is 6.26 Å². The van der Waals surface area contributed by atoms with Crippen LogP contribution in [0.5, 0.6) is 0 Å². The number of para-hydroxylation sites is 1. The topological polar surface area (TPSA) is 39.1 Å². The molecule has 0 radical (unpaired) electrons. The fourth-order valence-electron chi connectivity index (χ4n) is 2.56. The summed E-state index contributed by atoms with van der Waals surface area (Å²) in [4.78, 5) is 0. The average molecular weight is 299 g/mol. The molecule has 3 nitrogen and oxygen atoms in total. The van der Waals surface area contributed by atoms with Gasteiger partial charge in [-0.3, -0.25) is 0 Å². The Hall–Kier alpha value is -2.07. The molecule has 0 atom stereocenters. The summed E-state index contributed by atoms with van der Waals surface area (Å²) in [7, 11) is -2.99. The highest BCUT2D eigenvalue weighted by atomic mass is 32.2. The van der Waals surface area contributed by atoms with Crippen molar-refractivity contribution < 1.29 is 8.42 Å². The van der Waals surface area contributed by atoms with Gasteiger partial charge in [0.1, 0.15) is 9.84 Å². The van der Waals surface area contributed by atoms with Crippen molar-refractivity contribution in [3.8, 4) is 11.3 Å². The second kappa shape index (κ2) is 5.37. The van der Waals surface area contributed by atoms with Crippen LogP contribution in [0.1, 0.15) is 0 Å². The zero-order chi connectivity index (χ0) is 14.9. The Labute approximate surface area is 124 Å². The number of nitrogens with zero attached hydrogens (tertiary/aromatic N) is 1. The van der Waals surface area contributed by atoms with E-state index in [0.717, 1.165) is 22.2 Å². The first-order chi connectivity index (χ1) is 10.0. The SMILES string of the molecule is CS(=O)(=O)CCn1c(-c2ccccc2)cc2ccccc21. The van der Waals surface area contributed by atoms with Crippen LogP contribution >= 0.6 is 0 Å². The minimum absolute atomic E-state index is 0.144. The zero-order valence-electron chi connectivity index (χ0n) is 11.9. The third-order valence-corrected chi connectivity index (χ3v) is 4.49. The Morgan fingerprint density at radius 3 is 2.33 bits per heavy atom. The highest BCUT2D eigenvalue weighted by Gasteiger charge is 2.12. The summed E-state index contributed by atoms with van der Waals surface area (Å²) < 4.78 is 25.1. The van der Waals surface area contributed by atoms with Crippen LogP contribution in [0.15, 0.2) is 60.7 Å². The molecule has 0 amide bonds. The maximum Gasteiger partial charge on any atom is 0.149 e. The Morgan fingerprint density at radius 1 is 0.952 bits per heavy atom. The van der Waals surface area contributed by atoms with Crippen molar-refractivity contribution in [1.82, 2.24) is 4.57 Å². The van der Waals surface area contributed by atoms with Crippen LogP contribution in [-0.2, 0) is 16.4 Å². The predicted molar refractivity (Wildman–Crippen MR) is 87.1 cm³/mol. The largest absolute Gasteiger partial charge is 0.339 e. The average Bonchev–Trinajstić information content (AvgIpc) is 2.84. The lowest BCUT2D eigenvalue weighted by Crippen LogP contribution is -2.11. The van der Waals surface area contributed by atoms with Crippen LogP contribution in [0.2, 0.25) is 0 Å². The molecule has 0 aliphatic carbocycles. The number of sulfone groups is 1. The molecule has 0 saturated heterocycles. The van der Waals surface area contributed by atoms with Gasteiger partial charge in [-0.15, -0.1) is 0 Å². The molecule has 3 aromatic rings. The van der Waals surface area contributed by atoms with Gasteiger partial charge in [0, 0.05) is 29.4 Å². The fourth-order valence-corrected chi connectivity index (χ4v) is 3.07. The van der Waals surface area contributed by atoms with E-state index in [4.69, 9.17) is 0 Å². The molecule has 1 heterocycles. The van der Waals surface area contributed by atoms with Crippen molar-refractivity contribution in [2.24, 2.45) is 0 Å². The first-order valence-corrected chi connectivity index (χ1v) is 8.92. The van der Waals surface area contributed by atoms with Gasteiger partial charge in [0.05, 0.1) is 5.75 Å². The Balaban J connectivity index is 2.14.